The first kappa shape index (κ1) is 15.7. The van der Waals surface area contributed by atoms with E-state index in [0.717, 1.165) is 6.07 Å². The predicted octanol–water partition coefficient (Wildman–Crippen LogP) is 2.58. The first-order chi connectivity index (χ1) is 9.88. The highest BCUT2D eigenvalue weighted by Crippen LogP contribution is 2.25. The molecular formula is C14H12BrFN2O2S. The van der Waals surface area contributed by atoms with Gasteiger partial charge in [0, 0.05) is 21.3 Å². The first-order valence-electron chi connectivity index (χ1n) is 5.90. The van der Waals surface area contributed by atoms with Crippen LogP contribution in [0.4, 0.5) is 10.1 Å². The summed E-state index contributed by atoms with van der Waals surface area (Å²) >= 11 is 3.28. The van der Waals surface area contributed by atoms with Gasteiger partial charge in [-0.1, -0.05) is 6.07 Å². The lowest BCUT2D eigenvalue weighted by Gasteiger charge is -2.07. The molecule has 110 valence electrons. The van der Waals surface area contributed by atoms with Crippen LogP contribution in [0.2, 0.25) is 0 Å². The molecule has 0 aliphatic rings. The molecule has 0 spiro atoms. The molecule has 0 aromatic heterocycles. The fourth-order valence-electron chi connectivity index (χ4n) is 1.74. The topological polar surface area (TPSA) is 86.2 Å². The average molecular weight is 371 g/mol. The molecule has 4 N–H and O–H groups in total. The summed E-state index contributed by atoms with van der Waals surface area (Å²) in [4.78, 5) is 11.5. The summed E-state index contributed by atoms with van der Waals surface area (Å²) in [7, 11) is -1.44. The molecule has 2 aromatic carbocycles. The van der Waals surface area contributed by atoms with Crippen LogP contribution in [0.15, 0.2) is 45.8 Å². The molecule has 0 radical (unpaired) electrons. The third-order valence-corrected chi connectivity index (χ3v) is 5.16. The van der Waals surface area contributed by atoms with Crippen LogP contribution in [0, 0.1) is 5.82 Å². The molecule has 0 aliphatic carbocycles. The molecule has 2 aromatic rings. The molecule has 0 bridgehead atoms. The van der Waals surface area contributed by atoms with Crippen LogP contribution < -0.4 is 11.5 Å². The number of primary amides is 1. The van der Waals surface area contributed by atoms with E-state index in [9.17, 15) is 13.4 Å². The van der Waals surface area contributed by atoms with Crippen molar-refractivity contribution >= 4 is 38.3 Å². The number of anilines is 1. The van der Waals surface area contributed by atoms with E-state index in [-0.39, 0.29) is 16.9 Å². The SMILES string of the molecule is NC(=O)c1ccc(CS(=O)c2ccc(N)cc2Br)c(F)c1. The molecule has 0 fully saturated rings. The Morgan fingerprint density at radius 1 is 1.24 bits per heavy atom. The van der Waals surface area contributed by atoms with Crippen molar-refractivity contribution in [1.29, 1.82) is 0 Å². The fraction of sp³-hybridized carbons (Fsp3) is 0.0714. The molecular weight excluding hydrogens is 359 g/mol. The van der Waals surface area contributed by atoms with E-state index >= 15 is 0 Å². The Bertz CT molecular complexity index is 737. The number of amides is 1. The summed E-state index contributed by atoms with van der Waals surface area (Å²) in [6.07, 6.45) is 0. The standard InChI is InChI=1S/C14H12BrFN2O2S/c15-11-6-10(17)3-4-13(11)21(20)7-9-2-1-8(14(18)19)5-12(9)16/h1-6H,7,17H2,(H2,18,19). The van der Waals surface area contributed by atoms with Crippen molar-refractivity contribution in [3.63, 3.8) is 0 Å². The number of nitrogens with two attached hydrogens (primary N) is 2. The summed E-state index contributed by atoms with van der Waals surface area (Å²) in [6, 6.07) is 8.77. The summed E-state index contributed by atoms with van der Waals surface area (Å²) in [5.41, 5.74) is 11.6. The largest absolute Gasteiger partial charge is 0.399 e. The molecule has 0 heterocycles. The Kier molecular flexibility index (Phi) is 4.74. The first-order valence-corrected chi connectivity index (χ1v) is 8.01. The number of halogens is 2. The van der Waals surface area contributed by atoms with Crippen molar-refractivity contribution in [2.45, 2.75) is 10.6 Å². The second-order valence-corrected chi connectivity index (χ2v) is 6.62. The molecule has 7 heteroatoms. The third kappa shape index (κ3) is 3.68. The smallest absolute Gasteiger partial charge is 0.248 e. The Labute approximate surface area is 131 Å². The van der Waals surface area contributed by atoms with E-state index in [2.05, 4.69) is 15.9 Å². The van der Waals surface area contributed by atoms with Crippen molar-refractivity contribution in [2.75, 3.05) is 5.73 Å². The van der Waals surface area contributed by atoms with Crippen LogP contribution in [0.3, 0.4) is 0 Å². The molecule has 1 unspecified atom stereocenters. The molecule has 0 saturated heterocycles. The maximum absolute atomic E-state index is 13.9. The van der Waals surface area contributed by atoms with Crippen LogP contribution in [0.5, 0.6) is 0 Å². The number of carbonyl (C=O) groups is 1. The van der Waals surface area contributed by atoms with E-state index < -0.39 is 22.5 Å². The summed E-state index contributed by atoms with van der Waals surface area (Å²) in [5, 5.41) is 0. The predicted molar refractivity (Wildman–Crippen MR) is 83.6 cm³/mol. The molecule has 2 rings (SSSR count). The quantitative estimate of drug-likeness (QED) is 0.810. The van der Waals surface area contributed by atoms with E-state index in [4.69, 9.17) is 11.5 Å². The van der Waals surface area contributed by atoms with Crippen LogP contribution in [-0.2, 0) is 16.6 Å². The number of nitrogen functional groups attached to an aromatic ring is 1. The normalized spacial score (nSPS) is 12.1. The van der Waals surface area contributed by atoms with Gasteiger partial charge in [0.05, 0.1) is 21.4 Å². The van der Waals surface area contributed by atoms with E-state index in [1.54, 1.807) is 18.2 Å². The van der Waals surface area contributed by atoms with Gasteiger partial charge < -0.3 is 11.5 Å². The van der Waals surface area contributed by atoms with Crippen molar-refractivity contribution in [3.05, 3.63) is 57.8 Å². The molecule has 21 heavy (non-hydrogen) atoms. The van der Waals surface area contributed by atoms with E-state index in [1.165, 1.54) is 12.1 Å². The maximum Gasteiger partial charge on any atom is 0.248 e. The summed E-state index contributed by atoms with van der Waals surface area (Å²) in [6.45, 7) is 0. The minimum atomic E-state index is -1.44. The Morgan fingerprint density at radius 2 is 1.95 bits per heavy atom. The second kappa shape index (κ2) is 6.36. The summed E-state index contributed by atoms with van der Waals surface area (Å²) in [5.74, 6) is -1.32. The lowest BCUT2D eigenvalue weighted by atomic mass is 10.1. The highest BCUT2D eigenvalue weighted by molar-refractivity contribution is 9.10. The highest BCUT2D eigenvalue weighted by atomic mass is 79.9. The van der Waals surface area contributed by atoms with Crippen LogP contribution in [0.25, 0.3) is 0 Å². The van der Waals surface area contributed by atoms with Crippen molar-refractivity contribution in [3.8, 4) is 0 Å². The van der Waals surface area contributed by atoms with Crippen LogP contribution >= 0.6 is 15.9 Å². The Balaban J connectivity index is 2.25. The van der Waals surface area contributed by atoms with Gasteiger partial charge >= 0.3 is 0 Å². The van der Waals surface area contributed by atoms with Gasteiger partial charge in [-0.15, -0.1) is 0 Å². The molecule has 0 saturated carbocycles. The Morgan fingerprint density at radius 3 is 2.52 bits per heavy atom. The fourth-order valence-corrected chi connectivity index (χ4v) is 3.84. The lowest BCUT2D eigenvalue weighted by molar-refractivity contribution is 0.1000. The zero-order valence-electron chi connectivity index (χ0n) is 10.8. The van der Waals surface area contributed by atoms with Gasteiger partial charge in [0.1, 0.15) is 5.82 Å². The minimum absolute atomic E-state index is 0.00655. The zero-order chi connectivity index (χ0) is 15.6. The number of carbonyl (C=O) groups excluding carboxylic acids is 1. The molecule has 1 amide bonds. The van der Waals surface area contributed by atoms with Gasteiger partial charge in [0.15, 0.2) is 0 Å². The van der Waals surface area contributed by atoms with Gasteiger partial charge in [-0.25, -0.2) is 4.39 Å². The van der Waals surface area contributed by atoms with Gasteiger partial charge in [-0.3, -0.25) is 9.00 Å². The highest BCUT2D eigenvalue weighted by Gasteiger charge is 2.13. The molecule has 1 atom stereocenters. The van der Waals surface area contributed by atoms with Crippen molar-refractivity contribution < 1.29 is 13.4 Å². The van der Waals surface area contributed by atoms with Crippen LogP contribution in [0.1, 0.15) is 15.9 Å². The molecule has 0 aliphatic heterocycles. The zero-order valence-corrected chi connectivity index (χ0v) is 13.2. The number of hydrogen-bond acceptors (Lipinski definition) is 3. The van der Waals surface area contributed by atoms with Gasteiger partial charge in [-0.05, 0) is 46.3 Å². The van der Waals surface area contributed by atoms with E-state index in [0.29, 0.717) is 15.1 Å². The monoisotopic (exact) mass is 370 g/mol. The number of benzene rings is 2. The van der Waals surface area contributed by atoms with E-state index in [1.807, 2.05) is 0 Å². The Hall–Kier alpha value is -1.73. The lowest BCUT2D eigenvalue weighted by Crippen LogP contribution is -2.11. The van der Waals surface area contributed by atoms with Gasteiger partial charge in [0.25, 0.3) is 0 Å². The van der Waals surface area contributed by atoms with Gasteiger partial charge in [0.2, 0.25) is 5.91 Å². The number of hydrogen-bond donors (Lipinski definition) is 2. The van der Waals surface area contributed by atoms with Crippen molar-refractivity contribution in [2.24, 2.45) is 5.73 Å². The average Bonchev–Trinajstić information content (AvgIpc) is 2.40. The second-order valence-electron chi connectivity index (χ2n) is 4.35. The number of rotatable bonds is 4. The molecule has 4 nitrogen and oxygen atoms in total. The van der Waals surface area contributed by atoms with Crippen molar-refractivity contribution in [1.82, 2.24) is 0 Å². The maximum atomic E-state index is 13.9. The third-order valence-electron chi connectivity index (χ3n) is 2.83. The minimum Gasteiger partial charge on any atom is -0.399 e. The van der Waals surface area contributed by atoms with Crippen LogP contribution in [-0.4, -0.2) is 10.1 Å². The summed E-state index contributed by atoms with van der Waals surface area (Å²) < 4.78 is 26.8. The van der Waals surface area contributed by atoms with Gasteiger partial charge in [-0.2, -0.15) is 0 Å².